The van der Waals surface area contributed by atoms with E-state index < -0.39 is 0 Å². The van der Waals surface area contributed by atoms with E-state index in [1.165, 1.54) is 6.07 Å². The van der Waals surface area contributed by atoms with Crippen molar-refractivity contribution in [3.63, 3.8) is 0 Å². The molecule has 0 saturated carbocycles. The van der Waals surface area contributed by atoms with Gasteiger partial charge >= 0.3 is 0 Å². The van der Waals surface area contributed by atoms with Crippen molar-refractivity contribution in [2.24, 2.45) is 0 Å². The molecule has 0 spiro atoms. The summed E-state index contributed by atoms with van der Waals surface area (Å²) in [6.07, 6.45) is 3.15. The van der Waals surface area contributed by atoms with Crippen LogP contribution in [0.15, 0.2) is 59.3 Å². The molecule has 1 fully saturated rings. The van der Waals surface area contributed by atoms with Gasteiger partial charge in [0, 0.05) is 32.4 Å². The molecule has 144 valence electrons. The predicted molar refractivity (Wildman–Crippen MR) is 103 cm³/mol. The van der Waals surface area contributed by atoms with Gasteiger partial charge in [-0.3, -0.25) is 4.79 Å². The van der Waals surface area contributed by atoms with E-state index in [1.54, 1.807) is 41.6 Å². The van der Waals surface area contributed by atoms with Crippen molar-refractivity contribution in [2.75, 3.05) is 36.4 Å². The van der Waals surface area contributed by atoms with Gasteiger partial charge in [0.1, 0.15) is 17.3 Å². The number of hydrogen-bond donors (Lipinski definition) is 1. The molecule has 2 aromatic heterocycles. The Labute approximate surface area is 161 Å². The molecule has 3 aromatic rings. The van der Waals surface area contributed by atoms with Crippen LogP contribution in [-0.4, -0.2) is 47.0 Å². The normalized spacial score (nSPS) is 14.2. The number of amides is 1. The van der Waals surface area contributed by atoms with Crippen LogP contribution >= 0.6 is 0 Å². The average molecular weight is 381 g/mol. The van der Waals surface area contributed by atoms with Crippen LogP contribution in [0.2, 0.25) is 0 Å². The molecule has 0 unspecified atom stereocenters. The maximum absolute atomic E-state index is 14.0. The molecule has 0 bridgehead atoms. The van der Waals surface area contributed by atoms with Crippen molar-refractivity contribution < 1.29 is 13.6 Å². The Morgan fingerprint density at radius 2 is 1.93 bits per heavy atom. The van der Waals surface area contributed by atoms with Crippen LogP contribution in [-0.2, 0) is 6.54 Å². The number of aromatic nitrogens is 2. The Morgan fingerprint density at radius 3 is 2.68 bits per heavy atom. The van der Waals surface area contributed by atoms with E-state index in [2.05, 4.69) is 15.3 Å². The van der Waals surface area contributed by atoms with Gasteiger partial charge in [-0.1, -0.05) is 12.1 Å². The maximum Gasteiger partial charge on any atom is 0.272 e. The van der Waals surface area contributed by atoms with Gasteiger partial charge in [0.2, 0.25) is 5.95 Å². The molecule has 7 nitrogen and oxygen atoms in total. The van der Waals surface area contributed by atoms with Crippen molar-refractivity contribution >= 4 is 17.5 Å². The molecule has 4 rings (SSSR count). The zero-order valence-corrected chi connectivity index (χ0v) is 15.2. The zero-order valence-electron chi connectivity index (χ0n) is 15.2. The molecule has 28 heavy (non-hydrogen) atoms. The summed E-state index contributed by atoms with van der Waals surface area (Å²) in [6, 6.07) is 11.9. The fourth-order valence-electron chi connectivity index (χ4n) is 3.16. The SMILES string of the molecule is O=C(c1ccnc(NCc2ccco2)n1)N1CCN(c2ccccc2F)CC1. The van der Waals surface area contributed by atoms with Crippen LogP contribution < -0.4 is 10.2 Å². The van der Waals surface area contributed by atoms with E-state index in [9.17, 15) is 9.18 Å². The molecule has 1 aromatic carbocycles. The molecule has 1 aliphatic rings. The van der Waals surface area contributed by atoms with Crippen LogP contribution in [0.5, 0.6) is 0 Å². The minimum Gasteiger partial charge on any atom is -0.467 e. The van der Waals surface area contributed by atoms with Gasteiger partial charge in [-0.15, -0.1) is 0 Å². The number of para-hydroxylation sites is 1. The summed E-state index contributed by atoms with van der Waals surface area (Å²) in [5.74, 6) is 0.721. The second-order valence-corrected chi connectivity index (χ2v) is 6.43. The third-order valence-electron chi connectivity index (χ3n) is 4.64. The lowest BCUT2D eigenvalue weighted by atomic mass is 10.2. The monoisotopic (exact) mass is 381 g/mol. The molecule has 1 aliphatic heterocycles. The third-order valence-corrected chi connectivity index (χ3v) is 4.64. The first-order valence-corrected chi connectivity index (χ1v) is 9.09. The minimum atomic E-state index is -0.245. The molecule has 1 N–H and O–H groups in total. The summed E-state index contributed by atoms with van der Waals surface area (Å²) in [5, 5.41) is 3.04. The van der Waals surface area contributed by atoms with Gasteiger partial charge in [0.05, 0.1) is 18.5 Å². The van der Waals surface area contributed by atoms with Crippen LogP contribution in [0.4, 0.5) is 16.0 Å². The number of rotatable bonds is 5. The Kier molecular flexibility index (Phi) is 5.18. The number of nitrogens with zero attached hydrogens (tertiary/aromatic N) is 4. The smallest absolute Gasteiger partial charge is 0.272 e. The summed E-state index contributed by atoms with van der Waals surface area (Å²) in [7, 11) is 0. The number of anilines is 2. The lowest BCUT2D eigenvalue weighted by Gasteiger charge is -2.36. The Balaban J connectivity index is 1.37. The van der Waals surface area contributed by atoms with E-state index in [-0.39, 0.29) is 11.7 Å². The van der Waals surface area contributed by atoms with E-state index in [0.29, 0.717) is 50.1 Å². The summed E-state index contributed by atoms with van der Waals surface area (Å²) >= 11 is 0. The van der Waals surface area contributed by atoms with Gasteiger partial charge in [-0.2, -0.15) is 0 Å². The lowest BCUT2D eigenvalue weighted by molar-refractivity contribution is 0.0740. The summed E-state index contributed by atoms with van der Waals surface area (Å²) < 4.78 is 19.2. The van der Waals surface area contributed by atoms with Gasteiger partial charge < -0.3 is 19.5 Å². The highest BCUT2D eigenvalue weighted by molar-refractivity contribution is 5.92. The predicted octanol–water partition coefficient (Wildman–Crippen LogP) is 2.78. The highest BCUT2D eigenvalue weighted by atomic mass is 19.1. The second kappa shape index (κ2) is 8.08. The average Bonchev–Trinajstić information content (AvgIpc) is 3.26. The van der Waals surface area contributed by atoms with Crippen molar-refractivity contribution in [2.45, 2.75) is 6.54 Å². The van der Waals surface area contributed by atoms with E-state index >= 15 is 0 Å². The second-order valence-electron chi connectivity index (χ2n) is 6.43. The third kappa shape index (κ3) is 3.95. The highest BCUT2D eigenvalue weighted by Crippen LogP contribution is 2.20. The summed E-state index contributed by atoms with van der Waals surface area (Å²) in [5.41, 5.74) is 0.900. The standard InChI is InChI=1S/C20H20FN5O2/c21-16-5-1-2-6-18(16)25-9-11-26(12-10-25)19(27)17-7-8-22-20(24-17)23-14-15-4-3-13-28-15/h1-8,13H,9-12,14H2,(H,22,23,24). The quantitative estimate of drug-likeness (QED) is 0.733. The first-order chi connectivity index (χ1) is 13.7. The number of halogens is 1. The molecule has 0 aliphatic carbocycles. The topological polar surface area (TPSA) is 74.5 Å². The Hall–Kier alpha value is -3.42. The van der Waals surface area contributed by atoms with E-state index in [1.807, 2.05) is 17.0 Å². The molecule has 0 atom stereocenters. The van der Waals surface area contributed by atoms with Gasteiger partial charge in [0.25, 0.3) is 5.91 Å². The lowest BCUT2D eigenvalue weighted by Crippen LogP contribution is -2.49. The van der Waals surface area contributed by atoms with E-state index in [0.717, 1.165) is 5.76 Å². The van der Waals surface area contributed by atoms with Gasteiger partial charge in [0.15, 0.2) is 0 Å². The van der Waals surface area contributed by atoms with Gasteiger partial charge in [-0.05, 0) is 30.3 Å². The zero-order chi connectivity index (χ0) is 19.3. The van der Waals surface area contributed by atoms with Crippen molar-refractivity contribution in [1.29, 1.82) is 0 Å². The van der Waals surface area contributed by atoms with E-state index in [4.69, 9.17) is 4.42 Å². The van der Waals surface area contributed by atoms with Crippen molar-refractivity contribution in [1.82, 2.24) is 14.9 Å². The number of hydrogen-bond acceptors (Lipinski definition) is 6. The number of piperazine rings is 1. The number of benzene rings is 1. The molecular formula is C20H20FN5O2. The maximum atomic E-state index is 14.0. The largest absolute Gasteiger partial charge is 0.467 e. The van der Waals surface area contributed by atoms with Crippen molar-refractivity contribution in [3.05, 3.63) is 72.2 Å². The fraction of sp³-hybridized carbons (Fsp3) is 0.250. The Morgan fingerprint density at radius 1 is 1.11 bits per heavy atom. The summed E-state index contributed by atoms with van der Waals surface area (Å²) in [6.45, 7) is 2.59. The first-order valence-electron chi connectivity index (χ1n) is 9.09. The molecule has 3 heterocycles. The summed E-state index contributed by atoms with van der Waals surface area (Å²) in [4.78, 5) is 24.9. The number of carbonyl (C=O) groups excluding carboxylic acids is 1. The minimum absolute atomic E-state index is 0.156. The number of furan rings is 1. The van der Waals surface area contributed by atoms with Crippen molar-refractivity contribution in [3.8, 4) is 0 Å². The number of nitrogens with one attached hydrogen (secondary N) is 1. The van der Waals surface area contributed by atoms with Crippen LogP contribution in [0.3, 0.4) is 0 Å². The van der Waals surface area contributed by atoms with Crippen LogP contribution in [0.25, 0.3) is 0 Å². The first kappa shape index (κ1) is 18.0. The molecule has 8 heteroatoms. The molecule has 1 saturated heterocycles. The molecular weight excluding hydrogens is 361 g/mol. The molecule has 0 radical (unpaired) electrons. The van der Waals surface area contributed by atoms with Crippen LogP contribution in [0.1, 0.15) is 16.2 Å². The fourth-order valence-corrected chi connectivity index (χ4v) is 3.16. The Bertz CT molecular complexity index is 939. The highest BCUT2D eigenvalue weighted by Gasteiger charge is 2.24. The number of carbonyl (C=O) groups is 1. The van der Waals surface area contributed by atoms with Gasteiger partial charge in [-0.25, -0.2) is 14.4 Å². The molecule has 1 amide bonds. The van der Waals surface area contributed by atoms with Crippen LogP contribution in [0, 0.1) is 5.82 Å².